The molecule has 0 spiro atoms. The van der Waals surface area contributed by atoms with E-state index in [0.717, 1.165) is 45.3 Å². The van der Waals surface area contributed by atoms with Crippen molar-refractivity contribution in [2.45, 2.75) is 50.5 Å². The third-order valence-electron chi connectivity index (χ3n) is 6.06. The standard InChI is InChI=1S/C25H35N3O5S/c1-4-28(5-2)15-16-33-24-18-21(13-14-23(24)32-3)26-25(29)19-9-8-12-22(17-19)34(30,31)27-20-10-6-7-11-20/h8-9,12-14,17-18,20,27H,4-7,10-11,15-16H2,1-3H3,(H,26,29). The van der Waals surface area contributed by atoms with Crippen LogP contribution in [0.2, 0.25) is 0 Å². The lowest BCUT2D eigenvalue weighted by Gasteiger charge is -2.19. The molecule has 0 bridgehead atoms. The van der Waals surface area contributed by atoms with Crippen molar-refractivity contribution in [3.63, 3.8) is 0 Å². The Morgan fingerprint density at radius 1 is 1.06 bits per heavy atom. The number of hydrogen-bond acceptors (Lipinski definition) is 6. The number of nitrogens with zero attached hydrogens (tertiary/aromatic N) is 1. The van der Waals surface area contributed by atoms with Crippen molar-refractivity contribution in [2.75, 3.05) is 38.7 Å². The van der Waals surface area contributed by atoms with Crippen molar-refractivity contribution >= 4 is 21.6 Å². The van der Waals surface area contributed by atoms with Crippen LogP contribution >= 0.6 is 0 Å². The number of anilines is 1. The van der Waals surface area contributed by atoms with Gasteiger partial charge in [-0.05, 0) is 56.3 Å². The van der Waals surface area contributed by atoms with E-state index in [1.807, 2.05) is 0 Å². The Bertz CT molecular complexity index is 1060. The van der Waals surface area contributed by atoms with Gasteiger partial charge in [-0.15, -0.1) is 0 Å². The van der Waals surface area contributed by atoms with Crippen LogP contribution in [0.1, 0.15) is 49.9 Å². The summed E-state index contributed by atoms with van der Waals surface area (Å²) in [6, 6.07) is 11.2. The average Bonchev–Trinajstić information content (AvgIpc) is 3.34. The van der Waals surface area contributed by atoms with Gasteiger partial charge in [-0.2, -0.15) is 0 Å². The number of benzene rings is 2. The van der Waals surface area contributed by atoms with E-state index in [1.165, 1.54) is 12.1 Å². The van der Waals surface area contributed by atoms with Crippen LogP contribution in [0, 0.1) is 0 Å². The molecule has 0 heterocycles. The molecule has 0 saturated heterocycles. The van der Waals surface area contributed by atoms with Gasteiger partial charge < -0.3 is 19.7 Å². The summed E-state index contributed by atoms with van der Waals surface area (Å²) in [7, 11) is -2.11. The monoisotopic (exact) mass is 489 g/mol. The molecule has 1 aliphatic carbocycles. The average molecular weight is 490 g/mol. The van der Waals surface area contributed by atoms with E-state index < -0.39 is 15.9 Å². The van der Waals surface area contributed by atoms with E-state index in [2.05, 4.69) is 28.8 Å². The minimum Gasteiger partial charge on any atom is -0.493 e. The van der Waals surface area contributed by atoms with Gasteiger partial charge in [0, 0.05) is 29.9 Å². The van der Waals surface area contributed by atoms with E-state index in [-0.39, 0.29) is 16.5 Å². The van der Waals surface area contributed by atoms with Gasteiger partial charge in [0.05, 0.1) is 12.0 Å². The summed E-state index contributed by atoms with van der Waals surface area (Å²) in [6.45, 7) is 7.36. The van der Waals surface area contributed by atoms with Gasteiger partial charge in [-0.3, -0.25) is 4.79 Å². The number of carbonyl (C=O) groups excluding carboxylic acids is 1. The van der Waals surface area contributed by atoms with Crippen LogP contribution in [0.25, 0.3) is 0 Å². The fourth-order valence-electron chi connectivity index (χ4n) is 4.03. The lowest BCUT2D eigenvalue weighted by molar-refractivity contribution is 0.102. The van der Waals surface area contributed by atoms with Crippen LogP contribution in [0.4, 0.5) is 5.69 Å². The Labute approximate surface area is 202 Å². The number of rotatable bonds is 12. The van der Waals surface area contributed by atoms with Crippen LogP contribution in [0.3, 0.4) is 0 Å². The number of sulfonamides is 1. The maximum atomic E-state index is 12.9. The molecule has 9 heteroatoms. The minimum atomic E-state index is -3.68. The number of carbonyl (C=O) groups is 1. The molecular formula is C25H35N3O5S. The predicted octanol–water partition coefficient (Wildman–Crippen LogP) is 3.89. The second-order valence-electron chi connectivity index (χ2n) is 8.33. The first-order valence-electron chi connectivity index (χ1n) is 11.8. The first-order chi connectivity index (χ1) is 16.4. The Morgan fingerprint density at radius 3 is 2.47 bits per heavy atom. The second kappa shape index (κ2) is 12.2. The molecule has 3 rings (SSSR count). The molecule has 1 saturated carbocycles. The first kappa shape index (κ1) is 26.0. The van der Waals surface area contributed by atoms with Gasteiger partial charge in [-0.1, -0.05) is 32.8 Å². The largest absolute Gasteiger partial charge is 0.493 e. The van der Waals surface area contributed by atoms with Crippen molar-refractivity contribution in [2.24, 2.45) is 0 Å². The highest BCUT2D eigenvalue weighted by Crippen LogP contribution is 2.30. The minimum absolute atomic E-state index is 0.0399. The molecule has 2 N–H and O–H groups in total. The maximum Gasteiger partial charge on any atom is 0.255 e. The summed E-state index contributed by atoms with van der Waals surface area (Å²) in [5, 5.41) is 2.82. The summed E-state index contributed by atoms with van der Waals surface area (Å²) < 4.78 is 39.5. The van der Waals surface area contributed by atoms with Crippen molar-refractivity contribution in [3.8, 4) is 11.5 Å². The fraction of sp³-hybridized carbons (Fsp3) is 0.480. The van der Waals surface area contributed by atoms with Crippen molar-refractivity contribution in [1.82, 2.24) is 9.62 Å². The quantitative estimate of drug-likeness (QED) is 0.470. The van der Waals surface area contributed by atoms with Gasteiger partial charge in [-0.25, -0.2) is 13.1 Å². The zero-order valence-electron chi connectivity index (χ0n) is 20.2. The van der Waals surface area contributed by atoms with Gasteiger partial charge in [0.15, 0.2) is 11.5 Å². The molecular weight excluding hydrogens is 454 g/mol. The van der Waals surface area contributed by atoms with Crippen LogP contribution in [-0.4, -0.2) is 58.6 Å². The molecule has 1 amide bonds. The molecule has 34 heavy (non-hydrogen) atoms. The van der Waals surface area contributed by atoms with Crippen LogP contribution in [0.5, 0.6) is 11.5 Å². The Hall–Kier alpha value is -2.62. The summed E-state index contributed by atoms with van der Waals surface area (Å²) in [6.07, 6.45) is 3.74. The van der Waals surface area contributed by atoms with Crippen LogP contribution < -0.4 is 19.5 Å². The van der Waals surface area contributed by atoms with Gasteiger partial charge >= 0.3 is 0 Å². The summed E-state index contributed by atoms with van der Waals surface area (Å²) in [4.78, 5) is 15.2. The van der Waals surface area contributed by atoms with Crippen molar-refractivity contribution in [3.05, 3.63) is 48.0 Å². The normalized spacial score (nSPS) is 14.4. The van der Waals surface area contributed by atoms with Crippen molar-refractivity contribution in [1.29, 1.82) is 0 Å². The summed E-state index contributed by atoms with van der Waals surface area (Å²) in [5.74, 6) is 0.699. The maximum absolute atomic E-state index is 12.9. The second-order valence-corrected chi connectivity index (χ2v) is 10.0. The van der Waals surface area contributed by atoms with E-state index in [0.29, 0.717) is 23.8 Å². The number of amides is 1. The molecule has 186 valence electrons. The molecule has 0 aliphatic heterocycles. The SMILES string of the molecule is CCN(CC)CCOc1cc(NC(=O)c2cccc(S(=O)(=O)NC3CCCC3)c2)ccc1OC. The third kappa shape index (κ3) is 6.94. The van der Waals surface area contributed by atoms with E-state index in [9.17, 15) is 13.2 Å². The highest BCUT2D eigenvalue weighted by molar-refractivity contribution is 7.89. The van der Waals surface area contributed by atoms with E-state index in [4.69, 9.17) is 9.47 Å². The van der Waals surface area contributed by atoms with E-state index in [1.54, 1.807) is 37.4 Å². The zero-order valence-corrected chi connectivity index (χ0v) is 21.0. The predicted molar refractivity (Wildman–Crippen MR) is 133 cm³/mol. The Kier molecular flexibility index (Phi) is 9.32. The highest BCUT2D eigenvalue weighted by atomic mass is 32.2. The summed E-state index contributed by atoms with van der Waals surface area (Å²) in [5.41, 5.74) is 0.787. The fourth-order valence-corrected chi connectivity index (χ4v) is 5.38. The topological polar surface area (TPSA) is 97.0 Å². The Morgan fingerprint density at radius 2 is 1.79 bits per heavy atom. The first-order valence-corrected chi connectivity index (χ1v) is 13.3. The molecule has 8 nitrogen and oxygen atoms in total. The number of ether oxygens (including phenoxy) is 2. The highest BCUT2D eigenvalue weighted by Gasteiger charge is 2.23. The molecule has 0 radical (unpaired) electrons. The number of methoxy groups -OCH3 is 1. The lowest BCUT2D eigenvalue weighted by Crippen LogP contribution is -2.32. The summed E-state index contributed by atoms with van der Waals surface area (Å²) >= 11 is 0. The molecule has 2 aromatic rings. The molecule has 1 fully saturated rings. The molecule has 0 atom stereocenters. The lowest BCUT2D eigenvalue weighted by atomic mass is 10.2. The van der Waals surface area contributed by atoms with Gasteiger partial charge in [0.25, 0.3) is 5.91 Å². The molecule has 1 aliphatic rings. The Balaban J connectivity index is 1.69. The van der Waals surface area contributed by atoms with Crippen LogP contribution in [0.15, 0.2) is 47.4 Å². The molecule has 0 aromatic heterocycles. The molecule has 2 aromatic carbocycles. The third-order valence-corrected chi connectivity index (χ3v) is 7.58. The number of hydrogen-bond donors (Lipinski definition) is 2. The van der Waals surface area contributed by atoms with Gasteiger partial charge in [0.2, 0.25) is 10.0 Å². The molecule has 0 unspecified atom stereocenters. The number of likely N-dealkylation sites (N-methyl/N-ethyl adjacent to an activating group) is 1. The van der Waals surface area contributed by atoms with Crippen molar-refractivity contribution < 1.29 is 22.7 Å². The van der Waals surface area contributed by atoms with Gasteiger partial charge in [0.1, 0.15) is 6.61 Å². The van der Waals surface area contributed by atoms with Crippen LogP contribution in [-0.2, 0) is 10.0 Å². The smallest absolute Gasteiger partial charge is 0.255 e. The van der Waals surface area contributed by atoms with E-state index >= 15 is 0 Å². The zero-order chi connectivity index (χ0) is 24.6. The number of nitrogens with one attached hydrogen (secondary N) is 2.